The smallest absolute Gasteiger partial charge is 0.160 e. The molecule has 5 heteroatoms. The van der Waals surface area contributed by atoms with E-state index < -0.39 is 0 Å². The Morgan fingerprint density at radius 3 is 2.67 bits per heavy atom. The summed E-state index contributed by atoms with van der Waals surface area (Å²) in [6, 6.07) is 19.4. The molecule has 0 unspecified atom stereocenters. The van der Waals surface area contributed by atoms with Gasteiger partial charge in [-0.25, -0.2) is 0 Å². The zero-order chi connectivity index (χ0) is 18.4. The quantitative estimate of drug-likeness (QED) is 0.662. The summed E-state index contributed by atoms with van der Waals surface area (Å²) in [5, 5.41) is 1.72. The fraction of sp³-hybridized carbons (Fsp3) is 0.273. The maximum absolute atomic E-state index is 5.09. The lowest BCUT2D eigenvalue weighted by Crippen LogP contribution is -2.30. The number of rotatable bonds is 3. The van der Waals surface area contributed by atoms with Crippen molar-refractivity contribution in [2.75, 3.05) is 6.54 Å². The van der Waals surface area contributed by atoms with Crippen molar-refractivity contribution in [2.45, 2.75) is 31.2 Å². The molecule has 3 aromatic rings. The molecule has 1 fully saturated rings. The maximum Gasteiger partial charge on any atom is 0.160 e. The second-order valence-electron chi connectivity index (χ2n) is 7.28. The van der Waals surface area contributed by atoms with E-state index in [9.17, 15) is 0 Å². The average Bonchev–Trinajstić information content (AvgIpc) is 3.37. The number of hydrogen-bond donors (Lipinski definition) is 0. The minimum Gasteiger partial charge on any atom is -0.339 e. The van der Waals surface area contributed by atoms with Crippen LogP contribution in [0.5, 0.6) is 0 Å². The van der Waals surface area contributed by atoms with Crippen molar-refractivity contribution in [2.24, 2.45) is 4.99 Å². The third kappa shape index (κ3) is 2.86. The molecule has 2 aliphatic heterocycles. The molecule has 1 saturated heterocycles. The van der Waals surface area contributed by atoms with Gasteiger partial charge in [0.15, 0.2) is 5.17 Å². The molecule has 4 nitrogen and oxygen atoms in total. The molecule has 5 rings (SSSR count). The molecule has 2 aromatic heterocycles. The molecule has 2 aliphatic rings. The SMILES string of the molecule is Cc1ccc(-n2cccc2[C@@H]2[C@H](c3ccccn3)N=C3S[C@@H](C)CN32)cc1. The van der Waals surface area contributed by atoms with Crippen molar-refractivity contribution in [3.8, 4) is 5.69 Å². The Bertz CT molecular complexity index is 977. The van der Waals surface area contributed by atoms with E-state index >= 15 is 0 Å². The summed E-state index contributed by atoms with van der Waals surface area (Å²) in [6.45, 7) is 5.42. The Kier molecular flexibility index (Phi) is 4.05. The number of amidine groups is 1. The molecule has 0 bridgehead atoms. The maximum atomic E-state index is 5.09. The molecule has 4 heterocycles. The lowest BCUT2D eigenvalue weighted by atomic mass is 10.0. The highest BCUT2D eigenvalue weighted by atomic mass is 32.2. The summed E-state index contributed by atoms with van der Waals surface area (Å²) in [7, 11) is 0. The van der Waals surface area contributed by atoms with Gasteiger partial charge in [-0.15, -0.1) is 0 Å². The van der Waals surface area contributed by atoms with E-state index in [-0.39, 0.29) is 12.1 Å². The number of pyridine rings is 1. The normalized spacial score (nSPS) is 24.1. The lowest BCUT2D eigenvalue weighted by Gasteiger charge is -2.28. The van der Waals surface area contributed by atoms with Crippen molar-refractivity contribution in [3.63, 3.8) is 0 Å². The van der Waals surface area contributed by atoms with E-state index in [1.807, 2.05) is 24.0 Å². The highest BCUT2D eigenvalue weighted by Crippen LogP contribution is 2.47. The molecule has 136 valence electrons. The van der Waals surface area contributed by atoms with Crippen LogP contribution in [0.15, 0.2) is 72.0 Å². The molecule has 27 heavy (non-hydrogen) atoms. The second-order valence-corrected chi connectivity index (χ2v) is 8.68. The van der Waals surface area contributed by atoms with Crippen molar-refractivity contribution in [1.29, 1.82) is 0 Å². The Labute approximate surface area is 164 Å². The van der Waals surface area contributed by atoms with E-state index in [4.69, 9.17) is 4.99 Å². The van der Waals surface area contributed by atoms with Gasteiger partial charge in [0, 0.05) is 35.6 Å². The summed E-state index contributed by atoms with van der Waals surface area (Å²) in [4.78, 5) is 12.2. The van der Waals surface area contributed by atoms with Gasteiger partial charge < -0.3 is 9.47 Å². The van der Waals surface area contributed by atoms with E-state index in [1.165, 1.54) is 16.9 Å². The summed E-state index contributed by atoms with van der Waals surface area (Å²) < 4.78 is 2.30. The van der Waals surface area contributed by atoms with Gasteiger partial charge >= 0.3 is 0 Å². The number of hydrogen-bond acceptors (Lipinski definition) is 4. The van der Waals surface area contributed by atoms with Crippen LogP contribution in [-0.2, 0) is 0 Å². The fourth-order valence-electron chi connectivity index (χ4n) is 4.01. The fourth-order valence-corrected chi connectivity index (χ4v) is 5.11. The van der Waals surface area contributed by atoms with E-state index in [2.05, 4.69) is 83.0 Å². The van der Waals surface area contributed by atoms with Gasteiger partial charge in [0.2, 0.25) is 0 Å². The van der Waals surface area contributed by atoms with Crippen LogP contribution in [-0.4, -0.2) is 31.4 Å². The van der Waals surface area contributed by atoms with Crippen LogP contribution in [0, 0.1) is 6.92 Å². The molecule has 0 radical (unpaired) electrons. The zero-order valence-corrected chi connectivity index (χ0v) is 16.3. The van der Waals surface area contributed by atoms with E-state index in [0.717, 1.165) is 17.4 Å². The van der Waals surface area contributed by atoms with Crippen molar-refractivity contribution in [3.05, 3.63) is 83.9 Å². The van der Waals surface area contributed by atoms with Crippen LogP contribution >= 0.6 is 11.8 Å². The molecule has 0 amide bonds. The monoisotopic (exact) mass is 374 g/mol. The average molecular weight is 375 g/mol. The number of benzene rings is 1. The van der Waals surface area contributed by atoms with Crippen LogP contribution in [0.1, 0.15) is 36.0 Å². The number of thioether (sulfide) groups is 1. The van der Waals surface area contributed by atoms with E-state index in [1.54, 1.807) is 0 Å². The third-order valence-electron chi connectivity index (χ3n) is 5.28. The molecule has 0 spiro atoms. The van der Waals surface area contributed by atoms with Gasteiger partial charge in [-0.3, -0.25) is 9.98 Å². The standard InChI is InChI=1S/C22H22N4S/c1-15-8-10-17(11-9-15)25-13-5-7-19(25)21-20(18-6-3-4-12-23-18)24-22-26(21)14-16(2)27-22/h3-13,16,20-21H,14H2,1-2H3/t16-,20-,21+/m0/s1. The Morgan fingerprint density at radius 1 is 1.04 bits per heavy atom. The number of aryl methyl sites for hydroxylation is 1. The number of aliphatic imine (C=N–C) groups is 1. The predicted molar refractivity (Wildman–Crippen MR) is 111 cm³/mol. The van der Waals surface area contributed by atoms with Crippen LogP contribution in [0.3, 0.4) is 0 Å². The second kappa shape index (κ2) is 6.57. The number of aromatic nitrogens is 2. The largest absolute Gasteiger partial charge is 0.339 e. The van der Waals surface area contributed by atoms with Gasteiger partial charge in [0.1, 0.15) is 6.04 Å². The van der Waals surface area contributed by atoms with Crippen molar-refractivity contribution in [1.82, 2.24) is 14.5 Å². The molecule has 1 aromatic carbocycles. The van der Waals surface area contributed by atoms with Crippen molar-refractivity contribution < 1.29 is 0 Å². The third-order valence-corrected chi connectivity index (χ3v) is 6.38. The number of nitrogens with zero attached hydrogens (tertiary/aromatic N) is 4. The molecule has 0 aliphatic carbocycles. The first-order valence-corrected chi connectivity index (χ1v) is 10.2. The summed E-state index contributed by atoms with van der Waals surface area (Å²) in [5.74, 6) is 0. The Hall–Kier alpha value is -2.53. The molecular weight excluding hydrogens is 352 g/mol. The van der Waals surface area contributed by atoms with Gasteiger partial charge in [0.05, 0.1) is 11.7 Å². The highest BCUT2D eigenvalue weighted by molar-refractivity contribution is 8.14. The minimum absolute atomic E-state index is 0.0281. The molecule has 0 N–H and O–H groups in total. The topological polar surface area (TPSA) is 33.4 Å². The zero-order valence-electron chi connectivity index (χ0n) is 15.5. The van der Waals surface area contributed by atoms with Crippen molar-refractivity contribution >= 4 is 16.9 Å². The molecule has 3 atom stereocenters. The first kappa shape index (κ1) is 16.6. The summed E-state index contributed by atoms with van der Waals surface area (Å²) in [5.41, 5.74) is 4.76. The number of fused-ring (bicyclic) bond motifs is 1. The van der Waals surface area contributed by atoms with Gasteiger partial charge in [-0.05, 0) is 43.3 Å². The van der Waals surface area contributed by atoms with Crippen LogP contribution < -0.4 is 0 Å². The molecular formula is C22H22N4S. The lowest BCUT2D eigenvalue weighted by molar-refractivity contribution is 0.312. The first-order chi connectivity index (χ1) is 13.2. The minimum atomic E-state index is 0.0281. The summed E-state index contributed by atoms with van der Waals surface area (Å²) >= 11 is 1.88. The van der Waals surface area contributed by atoms with Crippen LogP contribution in [0.2, 0.25) is 0 Å². The van der Waals surface area contributed by atoms with Gasteiger partial charge in [-0.1, -0.05) is 42.4 Å². The first-order valence-electron chi connectivity index (χ1n) is 9.37. The van der Waals surface area contributed by atoms with E-state index in [0.29, 0.717) is 5.25 Å². The summed E-state index contributed by atoms with van der Waals surface area (Å²) in [6.07, 6.45) is 4.02. The van der Waals surface area contributed by atoms with Gasteiger partial charge in [-0.2, -0.15) is 0 Å². The van der Waals surface area contributed by atoms with Gasteiger partial charge in [0.25, 0.3) is 0 Å². The Balaban J connectivity index is 1.60. The Morgan fingerprint density at radius 2 is 1.89 bits per heavy atom. The molecule has 0 saturated carbocycles. The highest BCUT2D eigenvalue weighted by Gasteiger charge is 2.44. The van der Waals surface area contributed by atoms with Crippen LogP contribution in [0.4, 0.5) is 0 Å². The van der Waals surface area contributed by atoms with Crippen LogP contribution in [0.25, 0.3) is 5.69 Å². The predicted octanol–water partition coefficient (Wildman–Crippen LogP) is 4.77.